The highest BCUT2D eigenvalue weighted by molar-refractivity contribution is 7.79. The van der Waals surface area contributed by atoms with E-state index in [2.05, 4.69) is 0 Å². The Morgan fingerprint density at radius 1 is 1.04 bits per heavy atom. The highest BCUT2D eigenvalue weighted by Gasteiger charge is 2.44. The highest BCUT2D eigenvalue weighted by Crippen LogP contribution is 2.23. The number of thiocarbonyl (C=S) groups is 1. The van der Waals surface area contributed by atoms with Crippen LogP contribution in [0.4, 0.5) is 0 Å². The smallest absolute Gasteiger partial charge is 0.357 e. The van der Waals surface area contributed by atoms with Crippen LogP contribution >= 0.6 is 12.2 Å². The minimum Gasteiger partial charge on any atom is -0.454 e. The summed E-state index contributed by atoms with van der Waals surface area (Å²) in [7, 11) is 1.32. The van der Waals surface area contributed by atoms with E-state index >= 15 is 0 Å². The van der Waals surface area contributed by atoms with Gasteiger partial charge < -0.3 is 34.3 Å². The summed E-state index contributed by atoms with van der Waals surface area (Å²) in [5.74, 6) is 0.518. The van der Waals surface area contributed by atoms with Gasteiger partial charge in [-0.15, -0.1) is 0 Å². The zero-order chi connectivity index (χ0) is 18.7. The molecule has 0 bridgehead atoms. The van der Waals surface area contributed by atoms with Crippen LogP contribution in [0.15, 0.2) is 42.5 Å². The third-order valence-electron chi connectivity index (χ3n) is 4.19. The molecule has 7 nitrogen and oxygen atoms in total. The lowest BCUT2D eigenvalue weighted by atomic mass is 9.99. The zero-order valence-electron chi connectivity index (χ0n) is 14.0. The summed E-state index contributed by atoms with van der Waals surface area (Å²) in [5.41, 5.74) is 0. The number of fused-ring (bicyclic) bond motifs is 1. The van der Waals surface area contributed by atoms with Crippen molar-refractivity contribution in [3.05, 3.63) is 42.5 Å². The van der Waals surface area contributed by atoms with Crippen molar-refractivity contribution in [3.8, 4) is 5.75 Å². The molecule has 1 saturated heterocycles. The molecule has 0 spiro atoms. The van der Waals surface area contributed by atoms with Gasteiger partial charge in [-0.1, -0.05) is 30.3 Å². The van der Waals surface area contributed by atoms with Crippen molar-refractivity contribution in [2.24, 2.45) is 0 Å². The van der Waals surface area contributed by atoms with Gasteiger partial charge in [0.2, 0.25) is 0 Å². The number of ether oxygens (including phenoxy) is 4. The Bertz CT molecular complexity index is 766. The van der Waals surface area contributed by atoms with E-state index in [4.69, 9.17) is 31.2 Å². The molecule has 0 amide bonds. The first kappa shape index (κ1) is 19.0. The number of benzene rings is 2. The van der Waals surface area contributed by atoms with Gasteiger partial charge in [-0.2, -0.15) is 0 Å². The molecule has 2 aromatic carbocycles. The largest absolute Gasteiger partial charge is 0.454 e. The molecule has 1 fully saturated rings. The van der Waals surface area contributed by atoms with Crippen molar-refractivity contribution in [1.82, 2.24) is 0 Å². The van der Waals surface area contributed by atoms with Crippen molar-refractivity contribution < 1.29 is 34.3 Å². The van der Waals surface area contributed by atoms with E-state index in [0.29, 0.717) is 5.75 Å². The molecular formula is C18H20O7S. The Morgan fingerprint density at radius 3 is 2.50 bits per heavy atom. The summed E-state index contributed by atoms with van der Waals surface area (Å²) in [6.07, 6.45) is -6.13. The first-order valence-corrected chi connectivity index (χ1v) is 8.46. The fraction of sp³-hybridized carbons (Fsp3) is 0.389. The van der Waals surface area contributed by atoms with E-state index in [9.17, 15) is 15.3 Å². The molecule has 1 aliphatic rings. The van der Waals surface area contributed by atoms with E-state index < -0.39 is 30.7 Å². The Labute approximate surface area is 155 Å². The second kappa shape index (κ2) is 8.26. The zero-order valence-corrected chi connectivity index (χ0v) is 14.8. The van der Waals surface area contributed by atoms with Crippen LogP contribution in [0.2, 0.25) is 0 Å². The first-order chi connectivity index (χ1) is 12.5. The maximum atomic E-state index is 9.99. The first-order valence-electron chi connectivity index (χ1n) is 8.05. The van der Waals surface area contributed by atoms with E-state index in [1.807, 2.05) is 36.4 Å². The molecule has 140 valence electrons. The summed E-state index contributed by atoms with van der Waals surface area (Å²) in [5, 5.41) is 31.5. The second-order valence-electron chi connectivity index (χ2n) is 5.92. The summed E-state index contributed by atoms with van der Waals surface area (Å²) in [6.45, 7) is -0.169. The molecule has 3 rings (SSSR count). The summed E-state index contributed by atoms with van der Waals surface area (Å²) >= 11 is 5.05. The molecule has 3 N–H and O–H groups in total. The molecule has 0 aromatic heterocycles. The van der Waals surface area contributed by atoms with Gasteiger partial charge in [-0.05, 0) is 22.9 Å². The number of hydrogen-bond acceptors (Lipinski definition) is 8. The molecular weight excluding hydrogens is 360 g/mol. The topological polar surface area (TPSA) is 97.6 Å². The summed E-state index contributed by atoms with van der Waals surface area (Å²) < 4.78 is 21.1. The number of hydrogen-bond donors (Lipinski definition) is 3. The van der Waals surface area contributed by atoms with Gasteiger partial charge in [-0.25, -0.2) is 0 Å². The third kappa shape index (κ3) is 4.12. The SMILES string of the molecule is CO[C@@H]1O[C@H](COC(=S)Oc2ccc3ccccc3c2)[C@@H](O)[C@H](O)[C@H]1O. The molecule has 0 radical (unpaired) electrons. The quantitative estimate of drug-likeness (QED) is 0.676. The van der Waals surface area contributed by atoms with Crippen molar-refractivity contribution in [1.29, 1.82) is 0 Å². The average molecular weight is 380 g/mol. The average Bonchev–Trinajstić information content (AvgIpc) is 2.65. The minimum absolute atomic E-state index is 0.148. The lowest BCUT2D eigenvalue weighted by Gasteiger charge is -2.39. The number of methoxy groups -OCH3 is 1. The van der Waals surface area contributed by atoms with E-state index in [1.54, 1.807) is 6.07 Å². The normalized spacial score (nSPS) is 28.7. The highest BCUT2D eigenvalue weighted by atomic mass is 32.1. The predicted molar refractivity (Wildman–Crippen MR) is 96.8 cm³/mol. The number of aliphatic hydroxyl groups is 3. The third-order valence-corrected chi connectivity index (χ3v) is 4.39. The van der Waals surface area contributed by atoms with Gasteiger partial charge in [0.1, 0.15) is 36.8 Å². The lowest BCUT2D eigenvalue weighted by Crippen LogP contribution is -2.59. The fourth-order valence-corrected chi connectivity index (χ4v) is 2.92. The van der Waals surface area contributed by atoms with Crippen molar-refractivity contribution in [2.75, 3.05) is 13.7 Å². The molecule has 0 unspecified atom stereocenters. The summed E-state index contributed by atoms with van der Waals surface area (Å²) in [4.78, 5) is 0. The van der Waals surface area contributed by atoms with Crippen LogP contribution in [0.3, 0.4) is 0 Å². The maximum absolute atomic E-state index is 9.99. The predicted octanol–water partition coefficient (Wildman–Crippen LogP) is 0.974. The molecule has 1 aliphatic heterocycles. The Hall–Kier alpha value is -1.81. The molecule has 5 atom stereocenters. The standard InChI is InChI=1S/C18H20O7S/c1-22-17-16(21)15(20)14(19)13(25-17)9-23-18(26)24-12-7-6-10-4-2-3-5-11(10)8-12/h2-8,13-17,19-21H,9H2,1H3/t13-,14-,15+,16-,17-/m1/s1. The van der Waals surface area contributed by atoms with Crippen LogP contribution < -0.4 is 4.74 Å². The number of rotatable bonds is 4. The van der Waals surface area contributed by atoms with Crippen molar-refractivity contribution in [3.63, 3.8) is 0 Å². The van der Waals surface area contributed by atoms with E-state index in [0.717, 1.165) is 10.8 Å². The Balaban J connectivity index is 1.57. The van der Waals surface area contributed by atoms with Gasteiger partial charge in [0.15, 0.2) is 6.29 Å². The molecule has 2 aromatic rings. The van der Waals surface area contributed by atoms with E-state index in [-0.39, 0.29) is 11.8 Å². The Kier molecular flexibility index (Phi) is 6.02. The van der Waals surface area contributed by atoms with Crippen LogP contribution in [-0.2, 0) is 14.2 Å². The van der Waals surface area contributed by atoms with Gasteiger partial charge in [0.05, 0.1) is 0 Å². The molecule has 0 saturated carbocycles. The molecule has 8 heteroatoms. The van der Waals surface area contributed by atoms with Crippen molar-refractivity contribution in [2.45, 2.75) is 30.7 Å². The second-order valence-corrected chi connectivity index (χ2v) is 6.26. The molecule has 26 heavy (non-hydrogen) atoms. The summed E-state index contributed by atoms with van der Waals surface area (Å²) in [6, 6.07) is 13.3. The lowest BCUT2D eigenvalue weighted by molar-refractivity contribution is -0.293. The fourth-order valence-electron chi connectivity index (χ4n) is 2.76. The van der Waals surface area contributed by atoms with Gasteiger partial charge >= 0.3 is 5.24 Å². The minimum atomic E-state index is -1.42. The van der Waals surface area contributed by atoms with Crippen LogP contribution in [0.5, 0.6) is 5.75 Å². The van der Waals surface area contributed by atoms with Crippen LogP contribution in [0.25, 0.3) is 10.8 Å². The van der Waals surface area contributed by atoms with Gasteiger partial charge in [-0.3, -0.25) is 0 Å². The molecule has 0 aliphatic carbocycles. The monoisotopic (exact) mass is 380 g/mol. The Morgan fingerprint density at radius 2 is 1.77 bits per heavy atom. The van der Waals surface area contributed by atoms with Gasteiger partial charge in [0.25, 0.3) is 0 Å². The van der Waals surface area contributed by atoms with Crippen LogP contribution in [0, 0.1) is 0 Å². The maximum Gasteiger partial charge on any atom is 0.357 e. The van der Waals surface area contributed by atoms with Crippen LogP contribution in [0.1, 0.15) is 0 Å². The number of aliphatic hydroxyl groups excluding tert-OH is 3. The van der Waals surface area contributed by atoms with Crippen molar-refractivity contribution >= 4 is 28.2 Å². The van der Waals surface area contributed by atoms with E-state index in [1.165, 1.54) is 7.11 Å². The molecule has 1 heterocycles. The van der Waals surface area contributed by atoms with Crippen LogP contribution in [-0.4, -0.2) is 65.0 Å². The van der Waals surface area contributed by atoms with Gasteiger partial charge in [0, 0.05) is 19.3 Å².